The summed E-state index contributed by atoms with van der Waals surface area (Å²) < 4.78 is 5.39. The molecular weight excluding hydrogens is 230 g/mol. The van der Waals surface area contributed by atoms with Crippen LogP contribution in [0.3, 0.4) is 0 Å². The lowest BCUT2D eigenvalue weighted by Gasteiger charge is -2.14. The zero-order chi connectivity index (χ0) is 12.0. The molecule has 0 spiro atoms. The molecule has 1 unspecified atom stereocenters. The highest BCUT2D eigenvalue weighted by Crippen LogP contribution is 2.26. The van der Waals surface area contributed by atoms with Crippen LogP contribution in [0, 0.1) is 0 Å². The molecule has 90 valence electrons. The molecule has 1 aromatic carbocycles. The molecule has 0 saturated heterocycles. The number of aliphatic hydroxyl groups excluding tert-OH is 2. The summed E-state index contributed by atoms with van der Waals surface area (Å²) in [6.07, 6.45) is -0.874. The van der Waals surface area contributed by atoms with Crippen molar-refractivity contribution in [3.05, 3.63) is 28.8 Å². The molecule has 3 N–H and O–H groups in total. The predicted octanol–water partition coefficient (Wildman–Crippen LogP) is 0.791. The van der Waals surface area contributed by atoms with E-state index in [9.17, 15) is 5.11 Å². The predicted molar refractivity (Wildman–Crippen MR) is 62.8 cm³/mol. The summed E-state index contributed by atoms with van der Waals surface area (Å²) in [6, 6.07) is 5.34. The number of halogens is 1. The Bertz CT molecular complexity index is 333. The zero-order valence-corrected chi connectivity index (χ0v) is 9.87. The van der Waals surface area contributed by atoms with Crippen LogP contribution in [0.1, 0.15) is 5.56 Å². The molecule has 0 saturated carbocycles. The van der Waals surface area contributed by atoms with Gasteiger partial charge in [-0.05, 0) is 19.2 Å². The van der Waals surface area contributed by atoms with Crippen molar-refractivity contribution in [2.75, 3.05) is 20.3 Å². The van der Waals surface area contributed by atoms with Crippen molar-refractivity contribution < 1.29 is 14.9 Å². The fourth-order valence-electron chi connectivity index (χ4n) is 1.26. The molecule has 0 aromatic heterocycles. The van der Waals surface area contributed by atoms with Gasteiger partial charge in [-0.15, -0.1) is 0 Å². The molecule has 1 rings (SSSR count). The third-order valence-corrected chi connectivity index (χ3v) is 2.43. The lowest BCUT2D eigenvalue weighted by atomic mass is 10.2. The standard InChI is InChI=1S/C11H16ClNO3/c1-13-5-9-10(12)3-2-4-11(9)16-7-8(15)6-14/h2-4,8,13-15H,5-7H2,1H3. The Kier molecular flexibility index (Phi) is 5.55. The van der Waals surface area contributed by atoms with Gasteiger partial charge >= 0.3 is 0 Å². The smallest absolute Gasteiger partial charge is 0.125 e. The van der Waals surface area contributed by atoms with Crippen LogP contribution in [0.25, 0.3) is 0 Å². The van der Waals surface area contributed by atoms with Crippen LogP contribution in [0.2, 0.25) is 5.02 Å². The van der Waals surface area contributed by atoms with E-state index in [1.165, 1.54) is 0 Å². The molecule has 0 radical (unpaired) electrons. The number of nitrogens with one attached hydrogen (secondary N) is 1. The van der Waals surface area contributed by atoms with Gasteiger partial charge in [-0.3, -0.25) is 0 Å². The summed E-state index contributed by atoms with van der Waals surface area (Å²) in [7, 11) is 1.82. The van der Waals surface area contributed by atoms with Crippen LogP contribution in [-0.4, -0.2) is 36.6 Å². The van der Waals surface area contributed by atoms with Gasteiger partial charge in [0, 0.05) is 17.1 Å². The average Bonchev–Trinajstić information content (AvgIpc) is 2.29. The van der Waals surface area contributed by atoms with E-state index < -0.39 is 6.10 Å². The summed E-state index contributed by atoms with van der Waals surface area (Å²) in [4.78, 5) is 0. The van der Waals surface area contributed by atoms with E-state index in [1.807, 2.05) is 7.05 Å². The number of benzene rings is 1. The topological polar surface area (TPSA) is 61.7 Å². The first-order chi connectivity index (χ1) is 7.69. The van der Waals surface area contributed by atoms with E-state index >= 15 is 0 Å². The van der Waals surface area contributed by atoms with Crippen molar-refractivity contribution in [2.45, 2.75) is 12.6 Å². The molecule has 0 aliphatic heterocycles. The first kappa shape index (κ1) is 13.3. The fraction of sp³-hybridized carbons (Fsp3) is 0.455. The fourth-order valence-corrected chi connectivity index (χ4v) is 1.49. The van der Waals surface area contributed by atoms with E-state index in [0.29, 0.717) is 17.3 Å². The minimum atomic E-state index is -0.874. The SMILES string of the molecule is CNCc1c(Cl)cccc1OCC(O)CO. The van der Waals surface area contributed by atoms with Crippen molar-refractivity contribution in [1.29, 1.82) is 0 Å². The van der Waals surface area contributed by atoms with Gasteiger partial charge < -0.3 is 20.3 Å². The zero-order valence-electron chi connectivity index (χ0n) is 9.11. The molecular formula is C11H16ClNO3. The van der Waals surface area contributed by atoms with Crippen molar-refractivity contribution in [1.82, 2.24) is 5.32 Å². The maximum Gasteiger partial charge on any atom is 0.125 e. The van der Waals surface area contributed by atoms with E-state index in [4.69, 9.17) is 21.4 Å². The molecule has 5 heteroatoms. The molecule has 1 aromatic rings. The van der Waals surface area contributed by atoms with Crippen LogP contribution in [-0.2, 0) is 6.54 Å². The lowest BCUT2D eigenvalue weighted by molar-refractivity contribution is 0.0533. The Hall–Kier alpha value is -0.810. The van der Waals surface area contributed by atoms with E-state index in [-0.39, 0.29) is 13.2 Å². The Morgan fingerprint density at radius 1 is 1.50 bits per heavy atom. The highest BCUT2D eigenvalue weighted by atomic mass is 35.5. The van der Waals surface area contributed by atoms with Gasteiger partial charge in [0.25, 0.3) is 0 Å². The maximum atomic E-state index is 9.19. The van der Waals surface area contributed by atoms with Crippen LogP contribution in [0.4, 0.5) is 0 Å². The normalized spacial score (nSPS) is 12.5. The van der Waals surface area contributed by atoms with Crippen LogP contribution in [0.5, 0.6) is 5.75 Å². The minimum Gasteiger partial charge on any atom is -0.490 e. The maximum absolute atomic E-state index is 9.19. The Balaban J connectivity index is 2.74. The largest absolute Gasteiger partial charge is 0.490 e. The summed E-state index contributed by atoms with van der Waals surface area (Å²) in [5, 5.41) is 21.5. The molecule has 4 nitrogen and oxygen atoms in total. The van der Waals surface area contributed by atoms with Crippen LogP contribution < -0.4 is 10.1 Å². The molecule has 0 aliphatic rings. The van der Waals surface area contributed by atoms with Gasteiger partial charge in [-0.1, -0.05) is 17.7 Å². The van der Waals surface area contributed by atoms with Gasteiger partial charge in [0.1, 0.15) is 18.5 Å². The Labute approximate surface area is 99.8 Å². The summed E-state index contributed by atoms with van der Waals surface area (Å²) in [5.41, 5.74) is 0.844. The molecule has 1 atom stereocenters. The average molecular weight is 246 g/mol. The number of hydrogen-bond acceptors (Lipinski definition) is 4. The van der Waals surface area contributed by atoms with Crippen LogP contribution in [0.15, 0.2) is 18.2 Å². The van der Waals surface area contributed by atoms with Gasteiger partial charge in [0.05, 0.1) is 6.61 Å². The number of rotatable bonds is 6. The molecule has 0 aliphatic carbocycles. The number of hydrogen-bond donors (Lipinski definition) is 3. The third-order valence-electron chi connectivity index (χ3n) is 2.07. The number of ether oxygens (including phenoxy) is 1. The lowest BCUT2D eigenvalue weighted by Crippen LogP contribution is -2.22. The van der Waals surface area contributed by atoms with E-state index in [1.54, 1.807) is 18.2 Å². The second-order valence-electron chi connectivity index (χ2n) is 3.39. The second kappa shape index (κ2) is 6.70. The Morgan fingerprint density at radius 2 is 2.25 bits per heavy atom. The second-order valence-corrected chi connectivity index (χ2v) is 3.80. The molecule has 0 bridgehead atoms. The molecule has 0 fully saturated rings. The molecule has 16 heavy (non-hydrogen) atoms. The van der Waals surface area contributed by atoms with Crippen LogP contribution >= 0.6 is 11.6 Å². The van der Waals surface area contributed by atoms with E-state index in [2.05, 4.69) is 5.32 Å². The van der Waals surface area contributed by atoms with Crippen molar-refractivity contribution >= 4 is 11.6 Å². The minimum absolute atomic E-state index is 0.0492. The van der Waals surface area contributed by atoms with E-state index in [0.717, 1.165) is 5.56 Å². The van der Waals surface area contributed by atoms with Gasteiger partial charge in [-0.25, -0.2) is 0 Å². The molecule has 0 amide bonds. The van der Waals surface area contributed by atoms with Crippen molar-refractivity contribution in [3.8, 4) is 5.75 Å². The summed E-state index contributed by atoms with van der Waals surface area (Å²) in [6.45, 7) is 0.319. The Morgan fingerprint density at radius 3 is 2.88 bits per heavy atom. The van der Waals surface area contributed by atoms with Gasteiger partial charge in [-0.2, -0.15) is 0 Å². The summed E-state index contributed by atoms with van der Waals surface area (Å²) in [5.74, 6) is 0.620. The quantitative estimate of drug-likeness (QED) is 0.694. The highest BCUT2D eigenvalue weighted by molar-refractivity contribution is 6.31. The van der Waals surface area contributed by atoms with Gasteiger partial charge in [0.15, 0.2) is 0 Å². The monoisotopic (exact) mass is 245 g/mol. The first-order valence-electron chi connectivity index (χ1n) is 5.02. The number of aliphatic hydroxyl groups is 2. The van der Waals surface area contributed by atoms with Gasteiger partial charge in [0.2, 0.25) is 0 Å². The van der Waals surface area contributed by atoms with Crippen molar-refractivity contribution in [3.63, 3.8) is 0 Å². The first-order valence-corrected chi connectivity index (χ1v) is 5.40. The van der Waals surface area contributed by atoms with Crippen molar-refractivity contribution in [2.24, 2.45) is 0 Å². The highest BCUT2D eigenvalue weighted by Gasteiger charge is 2.09. The molecule has 0 heterocycles. The third kappa shape index (κ3) is 3.64. The summed E-state index contributed by atoms with van der Waals surface area (Å²) >= 11 is 6.03.